The number of aliphatic hydroxyl groups excluding tert-OH is 2. The van der Waals surface area contributed by atoms with Crippen LogP contribution in [0.15, 0.2) is 0 Å². The molecule has 0 aromatic rings. The van der Waals surface area contributed by atoms with Gasteiger partial charge in [0.25, 0.3) is 0 Å². The summed E-state index contributed by atoms with van der Waals surface area (Å²) in [6.07, 6.45) is -0.0436. The molecule has 0 radical (unpaired) electrons. The van der Waals surface area contributed by atoms with E-state index >= 15 is 0 Å². The van der Waals surface area contributed by atoms with Crippen molar-refractivity contribution in [3.63, 3.8) is 0 Å². The van der Waals surface area contributed by atoms with Gasteiger partial charge in [-0.2, -0.15) is 0 Å². The Morgan fingerprint density at radius 2 is 1.44 bits per heavy atom. The number of hydrogen-bond donors (Lipinski definition) is 7. The first-order valence-corrected chi connectivity index (χ1v) is 5.22. The summed E-state index contributed by atoms with van der Waals surface area (Å²) in [5, 5.41) is 33.1. The van der Waals surface area contributed by atoms with Crippen molar-refractivity contribution in [3.8, 4) is 0 Å². The average Bonchev–Trinajstić information content (AvgIpc) is 2.34. The SMILES string of the molecule is NC[C@H](O)CC[C@H](N)C(=O)O.N[C@@H](CO)C(=O)O. The van der Waals surface area contributed by atoms with Gasteiger partial charge in [-0.25, -0.2) is 0 Å². The summed E-state index contributed by atoms with van der Waals surface area (Å²) in [5.74, 6) is -2.23. The minimum absolute atomic E-state index is 0.145. The van der Waals surface area contributed by atoms with Crippen molar-refractivity contribution >= 4 is 11.9 Å². The zero-order valence-electron chi connectivity index (χ0n) is 9.90. The first kappa shape index (κ1) is 19.1. The van der Waals surface area contributed by atoms with Crippen LogP contribution in [0.25, 0.3) is 0 Å². The molecule has 0 aliphatic carbocycles. The first-order chi connectivity index (χ1) is 8.26. The largest absolute Gasteiger partial charge is 0.480 e. The van der Waals surface area contributed by atoms with Gasteiger partial charge in [0.05, 0.1) is 12.7 Å². The number of rotatable bonds is 7. The summed E-state index contributed by atoms with van der Waals surface area (Å²) in [5.41, 5.74) is 15.0. The van der Waals surface area contributed by atoms with Crippen LogP contribution in [0.5, 0.6) is 0 Å². The summed E-state index contributed by atoms with van der Waals surface area (Å²) >= 11 is 0. The molecule has 9 nitrogen and oxygen atoms in total. The van der Waals surface area contributed by atoms with Crippen molar-refractivity contribution in [1.82, 2.24) is 0 Å². The molecule has 0 rings (SSSR count). The Bertz CT molecular complexity index is 250. The normalized spacial score (nSPS) is 14.9. The molecule has 3 atom stereocenters. The van der Waals surface area contributed by atoms with Crippen LogP contribution in [0.3, 0.4) is 0 Å². The molecule has 0 saturated heterocycles. The number of carboxylic acids is 2. The van der Waals surface area contributed by atoms with Gasteiger partial charge in [0.1, 0.15) is 12.1 Å². The quantitative estimate of drug-likeness (QED) is 0.250. The highest BCUT2D eigenvalue weighted by Gasteiger charge is 2.12. The molecule has 10 N–H and O–H groups in total. The first-order valence-electron chi connectivity index (χ1n) is 5.22. The zero-order valence-corrected chi connectivity index (χ0v) is 9.90. The summed E-state index contributed by atoms with van der Waals surface area (Å²) in [4.78, 5) is 19.8. The fraction of sp³-hybridized carbons (Fsp3) is 0.778. The average molecular weight is 267 g/mol. The van der Waals surface area contributed by atoms with E-state index in [1.165, 1.54) is 0 Å². The molecule has 0 heterocycles. The number of hydrogen-bond acceptors (Lipinski definition) is 7. The van der Waals surface area contributed by atoms with E-state index in [1.807, 2.05) is 0 Å². The number of aliphatic hydroxyl groups is 2. The molecule has 108 valence electrons. The maximum Gasteiger partial charge on any atom is 0.322 e. The number of aliphatic carboxylic acids is 2. The number of nitrogens with two attached hydrogens (primary N) is 3. The van der Waals surface area contributed by atoms with Crippen LogP contribution in [0, 0.1) is 0 Å². The lowest BCUT2D eigenvalue weighted by atomic mass is 10.1. The molecule has 0 saturated carbocycles. The van der Waals surface area contributed by atoms with Gasteiger partial charge in [0, 0.05) is 6.54 Å². The van der Waals surface area contributed by atoms with Gasteiger partial charge in [-0.1, -0.05) is 0 Å². The molecule has 0 spiro atoms. The second-order valence-electron chi connectivity index (χ2n) is 3.54. The second kappa shape index (κ2) is 10.9. The van der Waals surface area contributed by atoms with E-state index in [2.05, 4.69) is 0 Å². The van der Waals surface area contributed by atoms with E-state index in [4.69, 9.17) is 37.6 Å². The van der Waals surface area contributed by atoms with Gasteiger partial charge < -0.3 is 37.6 Å². The highest BCUT2D eigenvalue weighted by molar-refractivity contribution is 5.73. The Hall–Kier alpha value is -1.26. The van der Waals surface area contributed by atoms with Crippen LogP contribution in [0.1, 0.15) is 12.8 Å². The Balaban J connectivity index is 0. The molecule has 9 heteroatoms. The third-order valence-corrected chi connectivity index (χ3v) is 1.91. The van der Waals surface area contributed by atoms with Crippen molar-refractivity contribution in [1.29, 1.82) is 0 Å². The highest BCUT2D eigenvalue weighted by atomic mass is 16.4. The zero-order chi connectivity index (χ0) is 14.7. The monoisotopic (exact) mass is 267 g/mol. The van der Waals surface area contributed by atoms with Crippen molar-refractivity contribution < 1.29 is 30.0 Å². The van der Waals surface area contributed by atoms with Crippen molar-refractivity contribution in [2.75, 3.05) is 13.2 Å². The molecule has 0 aromatic carbocycles. The third kappa shape index (κ3) is 11.2. The molecule has 0 amide bonds. The molecular formula is C9H21N3O6. The fourth-order valence-corrected chi connectivity index (χ4v) is 0.691. The van der Waals surface area contributed by atoms with Crippen molar-refractivity contribution in [2.45, 2.75) is 31.0 Å². The highest BCUT2D eigenvalue weighted by Crippen LogP contribution is 1.98. The van der Waals surface area contributed by atoms with Gasteiger partial charge in [-0.3, -0.25) is 9.59 Å². The topological polar surface area (TPSA) is 193 Å². The summed E-state index contributed by atoms with van der Waals surface area (Å²) in [6, 6.07) is -2.02. The Morgan fingerprint density at radius 3 is 1.67 bits per heavy atom. The number of carboxylic acid groups (broad SMARTS) is 2. The predicted molar refractivity (Wildman–Crippen MR) is 62.6 cm³/mol. The fourth-order valence-electron chi connectivity index (χ4n) is 0.691. The van der Waals surface area contributed by atoms with Crippen molar-refractivity contribution in [2.24, 2.45) is 17.2 Å². The lowest BCUT2D eigenvalue weighted by Gasteiger charge is -2.09. The molecular weight excluding hydrogens is 246 g/mol. The third-order valence-electron chi connectivity index (χ3n) is 1.91. The molecule has 18 heavy (non-hydrogen) atoms. The lowest BCUT2D eigenvalue weighted by molar-refractivity contribution is -0.140. The van der Waals surface area contributed by atoms with E-state index in [9.17, 15) is 9.59 Å². The Kier molecular flexibility index (Phi) is 11.5. The van der Waals surface area contributed by atoms with Crippen LogP contribution >= 0.6 is 0 Å². The smallest absolute Gasteiger partial charge is 0.322 e. The number of carbonyl (C=O) groups is 2. The van der Waals surface area contributed by atoms with Crippen LogP contribution in [-0.2, 0) is 9.59 Å². The van der Waals surface area contributed by atoms with Gasteiger partial charge in [0.15, 0.2) is 0 Å². The maximum atomic E-state index is 10.2. The Morgan fingerprint density at radius 1 is 1.00 bits per heavy atom. The molecule has 0 aliphatic heterocycles. The van der Waals surface area contributed by atoms with Gasteiger partial charge in [-0.15, -0.1) is 0 Å². The molecule has 0 bridgehead atoms. The molecule has 0 aromatic heterocycles. The van der Waals surface area contributed by atoms with Crippen LogP contribution in [0.2, 0.25) is 0 Å². The van der Waals surface area contributed by atoms with Gasteiger partial charge in [0.2, 0.25) is 0 Å². The van der Waals surface area contributed by atoms with E-state index < -0.39 is 36.7 Å². The van der Waals surface area contributed by atoms with E-state index in [0.717, 1.165) is 0 Å². The van der Waals surface area contributed by atoms with Crippen LogP contribution < -0.4 is 17.2 Å². The standard InChI is InChI=1S/C6H14N2O3.C3H7NO3/c7-3-4(9)1-2-5(8)6(10)11;4-2(1-5)3(6)7/h4-5,9H,1-3,7-8H2,(H,10,11);2,5H,1,4H2,(H,6,7)/t4-,5+;2-/m10/s1. The van der Waals surface area contributed by atoms with E-state index in [1.54, 1.807) is 0 Å². The Labute approximate surface area is 104 Å². The summed E-state index contributed by atoms with van der Waals surface area (Å²) in [6.45, 7) is -0.359. The van der Waals surface area contributed by atoms with Crippen LogP contribution in [-0.4, -0.2) is 63.7 Å². The molecule has 0 unspecified atom stereocenters. The van der Waals surface area contributed by atoms with E-state index in [0.29, 0.717) is 6.42 Å². The molecule has 0 aliphatic rings. The minimum Gasteiger partial charge on any atom is -0.480 e. The van der Waals surface area contributed by atoms with E-state index in [-0.39, 0.29) is 13.0 Å². The maximum absolute atomic E-state index is 10.2. The summed E-state index contributed by atoms with van der Waals surface area (Å²) in [7, 11) is 0. The predicted octanol–water partition coefficient (Wildman–Crippen LogP) is -3.11. The second-order valence-corrected chi connectivity index (χ2v) is 3.54. The van der Waals surface area contributed by atoms with Crippen molar-refractivity contribution in [3.05, 3.63) is 0 Å². The minimum atomic E-state index is -1.18. The summed E-state index contributed by atoms with van der Waals surface area (Å²) < 4.78 is 0. The van der Waals surface area contributed by atoms with Gasteiger partial charge in [-0.05, 0) is 12.8 Å². The van der Waals surface area contributed by atoms with Crippen LogP contribution in [0.4, 0.5) is 0 Å². The lowest BCUT2D eigenvalue weighted by Crippen LogP contribution is -2.33. The molecule has 0 fully saturated rings. The van der Waals surface area contributed by atoms with Gasteiger partial charge >= 0.3 is 11.9 Å².